The third kappa shape index (κ3) is 3.61. The van der Waals surface area contributed by atoms with Gasteiger partial charge in [0.1, 0.15) is 17.3 Å². The fraction of sp³-hybridized carbons (Fsp3) is 0.304. The van der Waals surface area contributed by atoms with E-state index in [1.807, 2.05) is 62.4 Å². The summed E-state index contributed by atoms with van der Waals surface area (Å²) < 4.78 is 12.5. The number of hydrogen-bond acceptors (Lipinski definition) is 5. The van der Waals surface area contributed by atoms with Crippen LogP contribution in [0, 0.1) is 0 Å². The van der Waals surface area contributed by atoms with Crippen LogP contribution in [0.2, 0.25) is 0 Å². The van der Waals surface area contributed by atoms with E-state index >= 15 is 0 Å². The molecule has 0 aliphatic carbocycles. The first kappa shape index (κ1) is 20.2. The number of carbonyl (C=O) groups is 1. The average molecular weight is 425 g/mol. The van der Waals surface area contributed by atoms with E-state index in [0.29, 0.717) is 18.0 Å². The second-order valence-electron chi connectivity index (χ2n) is 7.53. The highest BCUT2D eigenvalue weighted by molar-refractivity contribution is 7.10. The smallest absolute Gasteiger partial charge is 0.308 e. The molecule has 0 fully saturated rings. The largest absolute Gasteiger partial charge is 0.497 e. The Labute approximate surface area is 179 Å². The van der Waals surface area contributed by atoms with Gasteiger partial charge in [-0.15, -0.1) is 0 Å². The van der Waals surface area contributed by atoms with Gasteiger partial charge in [-0.2, -0.15) is 0 Å². The summed E-state index contributed by atoms with van der Waals surface area (Å²) in [4.78, 5) is 28.2. The molecule has 1 amide bonds. The predicted molar refractivity (Wildman–Crippen MR) is 118 cm³/mol. The van der Waals surface area contributed by atoms with E-state index < -0.39 is 0 Å². The van der Waals surface area contributed by atoms with Crippen LogP contribution in [0.1, 0.15) is 36.6 Å². The third-order valence-corrected chi connectivity index (χ3v) is 6.29. The molecule has 1 aliphatic heterocycles. The molecule has 30 heavy (non-hydrogen) atoms. The van der Waals surface area contributed by atoms with Crippen LogP contribution in [0.5, 0.6) is 11.5 Å². The first-order valence-electron chi connectivity index (χ1n) is 9.82. The maximum absolute atomic E-state index is 13.2. The molecule has 156 valence electrons. The summed E-state index contributed by atoms with van der Waals surface area (Å²) in [5, 5.41) is 0. The van der Waals surface area contributed by atoms with Crippen molar-refractivity contribution in [3.63, 3.8) is 0 Å². The van der Waals surface area contributed by atoms with E-state index in [9.17, 15) is 9.59 Å². The molecule has 3 aromatic rings. The second kappa shape index (κ2) is 7.99. The van der Waals surface area contributed by atoms with Crippen LogP contribution in [0.4, 0.5) is 11.5 Å². The lowest BCUT2D eigenvalue weighted by atomic mass is 9.90. The topological polar surface area (TPSA) is 60.8 Å². The highest BCUT2D eigenvalue weighted by atomic mass is 32.1. The molecule has 2 aromatic carbocycles. The molecule has 7 heteroatoms. The number of amides is 1. The number of hydrogen-bond donors (Lipinski definition) is 0. The summed E-state index contributed by atoms with van der Waals surface area (Å²) in [5.41, 5.74) is 1.71. The van der Waals surface area contributed by atoms with Crippen LogP contribution in [0.25, 0.3) is 0 Å². The molecule has 1 atom stereocenters. The van der Waals surface area contributed by atoms with Crippen molar-refractivity contribution < 1.29 is 14.3 Å². The van der Waals surface area contributed by atoms with Gasteiger partial charge in [-0.3, -0.25) is 19.1 Å². The lowest BCUT2D eigenvalue weighted by Crippen LogP contribution is -2.34. The van der Waals surface area contributed by atoms with Crippen molar-refractivity contribution in [1.82, 2.24) is 4.57 Å². The number of benzene rings is 2. The standard InChI is InChI=1S/C23H24N2O4S/c1-14(2)29-18-9-5-15(6-10-18)19-13-20(26)25(16-7-11-17(28-4)12-8-16)22-21(19)30-23(27)24(22)3/h5-12,14,19H,13H2,1-4H3/t19-/m1/s1. The van der Waals surface area contributed by atoms with Gasteiger partial charge in [0.15, 0.2) is 0 Å². The Bertz CT molecular complexity index is 1110. The number of anilines is 2. The minimum atomic E-state index is -0.158. The van der Waals surface area contributed by atoms with Gasteiger partial charge in [-0.05, 0) is 55.8 Å². The van der Waals surface area contributed by atoms with Crippen LogP contribution >= 0.6 is 11.3 Å². The van der Waals surface area contributed by atoms with E-state index in [4.69, 9.17) is 9.47 Å². The van der Waals surface area contributed by atoms with Crippen LogP contribution in [-0.4, -0.2) is 23.7 Å². The quantitative estimate of drug-likeness (QED) is 0.607. The maximum atomic E-state index is 13.2. The third-order valence-electron chi connectivity index (χ3n) is 5.15. The molecule has 0 N–H and O–H groups in total. The summed E-state index contributed by atoms with van der Waals surface area (Å²) in [6, 6.07) is 15.1. The Morgan fingerprint density at radius 3 is 2.23 bits per heavy atom. The summed E-state index contributed by atoms with van der Waals surface area (Å²) in [6.45, 7) is 3.96. The fourth-order valence-electron chi connectivity index (χ4n) is 3.74. The molecule has 2 heterocycles. The van der Waals surface area contributed by atoms with Crippen LogP contribution in [0.15, 0.2) is 53.3 Å². The number of fused-ring (bicyclic) bond motifs is 1. The van der Waals surface area contributed by atoms with Crippen molar-refractivity contribution in [3.8, 4) is 11.5 Å². The Morgan fingerprint density at radius 2 is 1.63 bits per heavy atom. The van der Waals surface area contributed by atoms with Crippen molar-refractivity contribution in [2.45, 2.75) is 32.3 Å². The summed E-state index contributed by atoms with van der Waals surface area (Å²) in [6.07, 6.45) is 0.389. The summed E-state index contributed by atoms with van der Waals surface area (Å²) >= 11 is 1.20. The molecule has 0 saturated heterocycles. The summed E-state index contributed by atoms with van der Waals surface area (Å²) in [5.74, 6) is 1.93. The minimum Gasteiger partial charge on any atom is -0.497 e. The van der Waals surface area contributed by atoms with Crippen molar-refractivity contribution in [1.29, 1.82) is 0 Å². The van der Waals surface area contributed by atoms with Gasteiger partial charge >= 0.3 is 4.87 Å². The first-order chi connectivity index (χ1) is 14.4. The highest BCUT2D eigenvalue weighted by Gasteiger charge is 2.37. The van der Waals surface area contributed by atoms with E-state index in [1.54, 1.807) is 23.6 Å². The molecule has 1 aromatic heterocycles. The monoisotopic (exact) mass is 424 g/mol. The SMILES string of the molecule is COc1ccc(N2C(=O)C[C@H](c3ccc(OC(C)C)cc3)c3sc(=O)n(C)c32)cc1. The van der Waals surface area contributed by atoms with Crippen molar-refractivity contribution >= 4 is 28.7 Å². The van der Waals surface area contributed by atoms with Gasteiger partial charge in [0.2, 0.25) is 5.91 Å². The molecular formula is C23H24N2O4S. The Hall–Kier alpha value is -3.06. The van der Waals surface area contributed by atoms with E-state index in [-0.39, 0.29) is 22.8 Å². The second-order valence-corrected chi connectivity index (χ2v) is 8.53. The number of ether oxygens (including phenoxy) is 2. The number of thiazole rings is 1. The number of aromatic nitrogens is 1. The lowest BCUT2D eigenvalue weighted by Gasteiger charge is -2.32. The van der Waals surface area contributed by atoms with Crippen molar-refractivity contribution in [3.05, 3.63) is 68.6 Å². The maximum Gasteiger partial charge on any atom is 0.308 e. The minimum absolute atomic E-state index is 0.0476. The Balaban J connectivity index is 1.76. The van der Waals surface area contributed by atoms with Crippen LogP contribution in [-0.2, 0) is 11.8 Å². The van der Waals surface area contributed by atoms with Crippen molar-refractivity contribution in [2.24, 2.45) is 7.05 Å². The van der Waals surface area contributed by atoms with Gasteiger partial charge in [-0.1, -0.05) is 23.5 Å². The van der Waals surface area contributed by atoms with E-state index in [0.717, 1.165) is 21.9 Å². The Kier molecular flexibility index (Phi) is 5.39. The number of nitrogens with zero attached hydrogens (tertiary/aromatic N) is 2. The summed E-state index contributed by atoms with van der Waals surface area (Å²) in [7, 11) is 3.31. The predicted octanol–water partition coefficient (Wildman–Crippen LogP) is 4.44. The van der Waals surface area contributed by atoms with Gasteiger partial charge in [0.25, 0.3) is 0 Å². The van der Waals surface area contributed by atoms with Gasteiger partial charge < -0.3 is 9.47 Å². The molecule has 0 saturated carbocycles. The molecule has 6 nitrogen and oxygen atoms in total. The van der Waals surface area contributed by atoms with Gasteiger partial charge in [0.05, 0.1) is 23.8 Å². The molecule has 4 rings (SSSR count). The molecule has 1 aliphatic rings. The van der Waals surface area contributed by atoms with Gasteiger partial charge in [-0.25, -0.2) is 0 Å². The molecule has 0 unspecified atom stereocenters. The number of carbonyl (C=O) groups excluding carboxylic acids is 1. The zero-order chi connectivity index (χ0) is 21.4. The highest BCUT2D eigenvalue weighted by Crippen LogP contribution is 2.44. The zero-order valence-corrected chi connectivity index (χ0v) is 18.2. The molecule has 0 bridgehead atoms. The molecule has 0 radical (unpaired) electrons. The lowest BCUT2D eigenvalue weighted by molar-refractivity contribution is -0.118. The van der Waals surface area contributed by atoms with E-state index in [1.165, 1.54) is 11.3 Å². The van der Waals surface area contributed by atoms with E-state index in [2.05, 4.69) is 0 Å². The molecular weight excluding hydrogens is 400 g/mol. The molecule has 0 spiro atoms. The number of methoxy groups -OCH3 is 1. The van der Waals surface area contributed by atoms with Crippen LogP contribution < -0.4 is 19.2 Å². The fourth-order valence-corrected chi connectivity index (χ4v) is 4.83. The number of rotatable bonds is 5. The van der Waals surface area contributed by atoms with Crippen molar-refractivity contribution in [2.75, 3.05) is 12.0 Å². The van der Waals surface area contributed by atoms with Gasteiger partial charge in [0, 0.05) is 19.4 Å². The normalized spacial score (nSPS) is 16.0. The first-order valence-corrected chi connectivity index (χ1v) is 10.6. The zero-order valence-electron chi connectivity index (χ0n) is 17.4. The van der Waals surface area contributed by atoms with Crippen LogP contribution in [0.3, 0.4) is 0 Å². The Morgan fingerprint density at radius 1 is 1.00 bits per heavy atom. The average Bonchev–Trinajstić information content (AvgIpc) is 3.02.